The smallest absolute Gasteiger partial charge is 0.329 e. The number of rotatable bonds is 3. The van der Waals surface area contributed by atoms with Crippen LogP contribution in [0.1, 0.15) is 50.1 Å². The third-order valence-corrected chi connectivity index (χ3v) is 7.57. The largest absolute Gasteiger partial charge is 0.492 e. The van der Waals surface area contributed by atoms with Gasteiger partial charge in [0.15, 0.2) is 11.6 Å². The third kappa shape index (κ3) is 3.25. The fourth-order valence-corrected chi connectivity index (χ4v) is 5.76. The number of aromatic amines is 1. The highest BCUT2D eigenvalue weighted by Crippen LogP contribution is 2.46. The molecule has 3 N–H and O–H groups in total. The summed E-state index contributed by atoms with van der Waals surface area (Å²) in [6.45, 7) is 2.44. The normalized spacial score (nSPS) is 28.5. The average Bonchev–Trinajstić information content (AvgIpc) is 3.50. The van der Waals surface area contributed by atoms with Crippen LogP contribution >= 0.6 is 0 Å². The van der Waals surface area contributed by atoms with E-state index in [1.807, 2.05) is 4.90 Å². The van der Waals surface area contributed by atoms with Crippen molar-refractivity contribution in [2.75, 3.05) is 25.1 Å². The van der Waals surface area contributed by atoms with Gasteiger partial charge in [-0.3, -0.25) is 14.3 Å². The summed E-state index contributed by atoms with van der Waals surface area (Å²) in [5, 5.41) is 21.2. The molecule has 0 radical (unpaired) electrons. The van der Waals surface area contributed by atoms with E-state index in [2.05, 4.69) is 4.98 Å². The Bertz CT molecular complexity index is 1170. The first-order valence-electron chi connectivity index (χ1n) is 11.5. The highest BCUT2D eigenvalue weighted by atomic mass is 19.1. The van der Waals surface area contributed by atoms with Crippen LogP contribution in [0.5, 0.6) is 5.75 Å². The molecule has 1 saturated heterocycles. The van der Waals surface area contributed by atoms with Crippen molar-refractivity contribution >= 4 is 16.6 Å². The SMILES string of the molecule is COc1c(N2CC3CCCCC(O)C(O)C3C2)c(F)c(C)c2c(=O)[nH]c(=O)n(C3CC3)c12. The summed E-state index contributed by atoms with van der Waals surface area (Å²) in [6.07, 6.45) is 3.24. The molecule has 32 heavy (non-hydrogen) atoms. The molecule has 0 spiro atoms. The Kier molecular flexibility index (Phi) is 5.28. The quantitative estimate of drug-likeness (QED) is 0.663. The van der Waals surface area contributed by atoms with Gasteiger partial charge >= 0.3 is 5.69 Å². The molecule has 2 saturated carbocycles. The molecule has 8 nitrogen and oxygen atoms in total. The molecule has 2 aromatic rings. The standard InChI is InChI=1S/C23H30FN3O5/c1-11-16-18(27(13-7-8-13)23(31)25-22(16)30)21(32-2)19(17(11)24)26-9-12-5-3-4-6-15(28)20(29)14(12)10-26/h12-15,20,28-29H,3-10H2,1-2H3,(H,25,30,31). The molecular formula is C23H30FN3O5. The number of hydrogen-bond acceptors (Lipinski definition) is 6. The first kappa shape index (κ1) is 21.5. The number of fused-ring (bicyclic) bond motifs is 2. The monoisotopic (exact) mass is 447 g/mol. The number of H-pyrrole nitrogens is 1. The highest BCUT2D eigenvalue weighted by Gasteiger charge is 2.43. The Morgan fingerprint density at radius 1 is 1.09 bits per heavy atom. The summed E-state index contributed by atoms with van der Waals surface area (Å²) in [5.41, 5.74) is -0.393. The number of methoxy groups -OCH3 is 1. The molecule has 4 atom stereocenters. The van der Waals surface area contributed by atoms with Gasteiger partial charge in [0.1, 0.15) is 11.2 Å². The lowest BCUT2D eigenvalue weighted by atomic mass is 9.81. The Morgan fingerprint density at radius 3 is 2.50 bits per heavy atom. The number of aryl methyl sites for hydroxylation is 1. The van der Waals surface area contributed by atoms with Gasteiger partial charge in [-0.1, -0.05) is 12.8 Å². The topological polar surface area (TPSA) is 108 Å². The Hall–Kier alpha value is -2.39. The van der Waals surface area contributed by atoms with Crippen LogP contribution in [0.15, 0.2) is 9.59 Å². The summed E-state index contributed by atoms with van der Waals surface area (Å²) in [5.74, 6) is -0.437. The number of benzene rings is 1. The Labute approximate surface area is 184 Å². The van der Waals surface area contributed by atoms with Gasteiger partial charge in [-0.2, -0.15) is 0 Å². The third-order valence-electron chi connectivity index (χ3n) is 7.57. The number of nitrogens with zero attached hydrogens (tertiary/aromatic N) is 2. The second-order valence-electron chi connectivity index (χ2n) is 9.58. The van der Waals surface area contributed by atoms with Crippen LogP contribution < -0.4 is 20.9 Å². The minimum atomic E-state index is -0.867. The van der Waals surface area contributed by atoms with Crippen LogP contribution in [0.25, 0.3) is 10.9 Å². The molecule has 3 fully saturated rings. The van der Waals surface area contributed by atoms with E-state index in [0.717, 1.165) is 32.1 Å². The molecule has 4 unspecified atom stereocenters. The molecule has 0 amide bonds. The molecule has 9 heteroatoms. The number of halogens is 1. The summed E-state index contributed by atoms with van der Waals surface area (Å²) >= 11 is 0. The zero-order valence-electron chi connectivity index (χ0n) is 18.4. The van der Waals surface area contributed by atoms with Crippen LogP contribution in [0, 0.1) is 24.6 Å². The number of ether oxygens (including phenoxy) is 1. The predicted octanol–water partition coefficient (Wildman–Crippen LogP) is 1.83. The Balaban J connectivity index is 1.70. The highest BCUT2D eigenvalue weighted by molar-refractivity contribution is 5.93. The molecule has 1 aliphatic heterocycles. The second kappa shape index (κ2) is 7.88. The van der Waals surface area contributed by atoms with E-state index >= 15 is 4.39 Å². The summed E-state index contributed by atoms with van der Waals surface area (Å²) < 4.78 is 23.0. The maximum Gasteiger partial charge on any atom is 0.329 e. The lowest BCUT2D eigenvalue weighted by Crippen LogP contribution is -2.39. The minimum absolute atomic E-state index is 0.0430. The van der Waals surface area contributed by atoms with E-state index < -0.39 is 29.3 Å². The number of aromatic nitrogens is 2. The van der Waals surface area contributed by atoms with Crippen molar-refractivity contribution in [1.82, 2.24) is 9.55 Å². The first-order chi connectivity index (χ1) is 15.3. The van der Waals surface area contributed by atoms with Gasteiger partial charge in [-0.15, -0.1) is 0 Å². The van der Waals surface area contributed by atoms with Gasteiger partial charge in [0, 0.05) is 30.6 Å². The van der Waals surface area contributed by atoms with Gasteiger partial charge in [-0.05, 0) is 38.5 Å². The van der Waals surface area contributed by atoms with Crippen LogP contribution in [-0.2, 0) is 0 Å². The van der Waals surface area contributed by atoms with E-state index in [9.17, 15) is 19.8 Å². The lowest BCUT2D eigenvalue weighted by molar-refractivity contribution is -0.0347. The zero-order chi connectivity index (χ0) is 22.7. The number of aliphatic hydroxyl groups is 2. The number of hydrogen-bond donors (Lipinski definition) is 3. The molecule has 1 aromatic heterocycles. The molecule has 3 aliphatic rings. The van der Waals surface area contributed by atoms with Crippen molar-refractivity contribution in [2.24, 2.45) is 11.8 Å². The van der Waals surface area contributed by atoms with E-state index in [0.29, 0.717) is 25.0 Å². The van der Waals surface area contributed by atoms with Crippen molar-refractivity contribution in [3.63, 3.8) is 0 Å². The first-order valence-corrected chi connectivity index (χ1v) is 11.5. The fourth-order valence-electron chi connectivity index (χ4n) is 5.76. The maximum absolute atomic E-state index is 15.8. The maximum atomic E-state index is 15.8. The summed E-state index contributed by atoms with van der Waals surface area (Å²) in [7, 11) is 1.42. The van der Waals surface area contributed by atoms with Gasteiger partial charge in [0.05, 0.1) is 24.7 Å². The molecular weight excluding hydrogens is 417 g/mol. The van der Waals surface area contributed by atoms with Gasteiger partial charge < -0.3 is 19.8 Å². The fraction of sp³-hybridized carbons (Fsp3) is 0.652. The molecule has 174 valence electrons. The summed E-state index contributed by atoms with van der Waals surface area (Å²) in [4.78, 5) is 29.5. The Morgan fingerprint density at radius 2 is 1.81 bits per heavy atom. The average molecular weight is 448 g/mol. The number of aliphatic hydroxyl groups excluding tert-OH is 2. The van der Waals surface area contributed by atoms with Crippen LogP contribution in [-0.4, -0.2) is 52.2 Å². The number of nitrogens with one attached hydrogen (secondary N) is 1. The van der Waals surface area contributed by atoms with Crippen LogP contribution in [0.4, 0.5) is 10.1 Å². The van der Waals surface area contributed by atoms with E-state index in [1.54, 1.807) is 6.92 Å². The molecule has 1 aromatic carbocycles. The second-order valence-corrected chi connectivity index (χ2v) is 9.58. The summed E-state index contributed by atoms with van der Waals surface area (Å²) in [6, 6.07) is -0.0430. The van der Waals surface area contributed by atoms with E-state index in [4.69, 9.17) is 4.74 Å². The predicted molar refractivity (Wildman–Crippen MR) is 118 cm³/mol. The van der Waals surface area contributed by atoms with Gasteiger partial charge in [-0.25, -0.2) is 9.18 Å². The zero-order valence-corrected chi connectivity index (χ0v) is 18.4. The molecule has 0 bridgehead atoms. The van der Waals surface area contributed by atoms with Crippen LogP contribution in [0.3, 0.4) is 0 Å². The van der Waals surface area contributed by atoms with Crippen molar-refractivity contribution < 1.29 is 19.3 Å². The molecule has 2 heterocycles. The van der Waals surface area contributed by atoms with Crippen molar-refractivity contribution in [3.05, 3.63) is 32.2 Å². The van der Waals surface area contributed by atoms with Gasteiger partial charge in [0.2, 0.25) is 0 Å². The molecule has 2 aliphatic carbocycles. The van der Waals surface area contributed by atoms with Gasteiger partial charge in [0.25, 0.3) is 5.56 Å². The van der Waals surface area contributed by atoms with Crippen molar-refractivity contribution in [2.45, 2.75) is 63.7 Å². The lowest BCUT2D eigenvalue weighted by Gasteiger charge is -2.30. The van der Waals surface area contributed by atoms with Crippen molar-refractivity contribution in [1.29, 1.82) is 0 Å². The van der Waals surface area contributed by atoms with Crippen LogP contribution in [0.2, 0.25) is 0 Å². The van der Waals surface area contributed by atoms with E-state index in [-0.39, 0.29) is 40.3 Å². The molecule has 5 rings (SSSR count). The minimum Gasteiger partial charge on any atom is -0.492 e. The van der Waals surface area contributed by atoms with Crippen molar-refractivity contribution in [3.8, 4) is 5.75 Å². The number of anilines is 1. The van der Waals surface area contributed by atoms with E-state index in [1.165, 1.54) is 11.7 Å².